The number of amides is 2. The molecule has 122 valence electrons. The van der Waals surface area contributed by atoms with Crippen LogP contribution in [0.2, 0.25) is 0 Å². The van der Waals surface area contributed by atoms with Gasteiger partial charge in [0.1, 0.15) is 5.37 Å². The third-order valence-electron chi connectivity index (χ3n) is 3.30. The van der Waals surface area contributed by atoms with Crippen LogP contribution in [0.5, 0.6) is 0 Å². The van der Waals surface area contributed by atoms with Crippen molar-refractivity contribution in [1.29, 1.82) is 0 Å². The van der Waals surface area contributed by atoms with Gasteiger partial charge in [-0.05, 0) is 13.8 Å². The van der Waals surface area contributed by atoms with Crippen LogP contribution in [-0.2, 0) is 14.4 Å². The smallest absolute Gasteiger partial charge is 0.354 e. The maximum Gasteiger partial charge on any atom is 0.354 e. The molecule has 0 bridgehead atoms. The van der Waals surface area contributed by atoms with Gasteiger partial charge in [0, 0.05) is 0 Å². The second kappa shape index (κ2) is 6.49. The summed E-state index contributed by atoms with van der Waals surface area (Å²) in [4.78, 5) is 35.9. The zero-order chi connectivity index (χ0) is 16.6. The number of nitrogens with two attached hydrogens (primary N) is 1. The lowest BCUT2D eigenvalue weighted by molar-refractivity contribution is -0.156. The van der Waals surface area contributed by atoms with Crippen molar-refractivity contribution in [2.45, 2.75) is 30.7 Å². The Hall–Kier alpha value is -1.23. The molecule has 0 aliphatic carbocycles. The highest BCUT2D eigenvalue weighted by Gasteiger charge is 2.57. The molecule has 0 spiro atoms. The molecular weight excluding hydrogens is 330 g/mol. The van der Waals surface area contributed by atoms with Crippen molar-refractivity contribution in [1.82, 2.24) is 10.2 Å². The number of aliphatic hydroxyl groups excluding tert-OH is 1. The monoisotopic (exact) mass is 347 g/mol. The minimum absolute atomic E-state index is 0.0873. The van der Waals surface area contributed by atoms with Gasteiger partial charge in [0.2, 0.25) is 11.8 Å². The predicted molar refractivity (Wildman–Crippen MR) is 82.3 cm³/mol. The van der Waals surface area contributed by atoms with Crippen LogP contribution < -0.4 is 11.1 Å². The fourth-order valence-corrected chi connectivity index (χ4v) is 5.39. The number of aliphatic hydroxyl groups is 1. The number of fused-ring (bicyclic) bond motifs is 1. The van der Waals surface area contributed by atoms with E-state index in [0.717, 1.165) is 11.8 Å². The van der Waals surface area contributed by atoms with E-state index in [9.17, 15) is 24.6 Å². The topological polar surface area (TPSA) is 133 Å². The standard InChI is InChI=1S/C12H17N3O5S2/c1-4(16)7-9(18)15-8(11(19)20)12(22-10(7)15)21-5(2)14-6(17)3-13/h4-5,7,10,16H,3,13H2,1-2H3,(H,14,17)(H,19,20)/t4?,5?,7-,10+/m0/s1. The summed E-state index contributed by atoms with van der Waals surface area (Å²) >= 11 is 2.37. The maximum absolute atomic E-state index is 12.0. The largest absolute Gasteiger partial charge is 0.477 e. The molecule has 0 aromatic rings. The van der Waals surface area contributed by atoms with Crippen LogP contribution in [0.1, 0.15) is 13.8 Å². The predicted octanol–water partition coefficient (Wildman–Crippen LogP) is -0.694. The van der Waals surface area contributed by atoms with Crippen LogP contribution in [0.15, 0.2) is 9.93 Å². The summed E-state index contributed by atoms with van der Waals surface area (Å²) < 4.78 is 0.443. The number of hydrogen-bond donors (Lipinski definition) is 4. The van der Waals surface area contributed by atoms with Gasteiger partial charge < -0.3 is 21.3 Å². The molecule has 4 atom stereocenters. The van der Waals surface area contributed by atoms with Gasteiger partial charge >= 0.3 is 5.97 Å². The van der Waals surface area contributed by atoms with Gasteiger partial charge in [-0.15, -0.1) is 0 Å². The van der Waals surface area contributed by atoms with Gasteiger partial charge in [0.25, 0.3) is 0 Å². The van der Waals surface area contributed by atoms with Crippen LogP contribution in [0.25, 0.3) is 0 Å². The van der Waals surface area contributed by atoms with Gasteiger partial charge in [0.05, 0.1) is 28.2 Å². The van der Waals surface area contributed by atoms with Crippen molar-refractivity contribution < 1.29 is 24.6 Å². The molecule has 8 nitrogen and oxygen atoms in total. The summed E-state index contributed by atoms with van der Waals surface area (Å²) in [6.07, 6.45) is -0.838. The van der Waals surface area contributed by atoms with Crippen molar-refractivity contribution in [3.63, 3.8) is 0 Å². The first-order valence-corrected chi connectivity index (χ1v) is 8.35. The van der Waals surface area contributed by atoms with Crippen molar-refractivity contribution in [3.05, 3.63) is 9.93 Å². The lowest BCUT2D eigenvalue weighted by Crippen LogP contribution is -2.60. The second-order valence-electron chi connectivity index (χ2n) is 4.96. The van der Waals surface area contributed by atoms with E-state index in [0.29, 0.717) is 4.24 Å². The highest BCUT2D eigenvalue weighted by atomic mass is 32.2. The normalized spacial score (nSPS) is 26.4. The lowest BCUT2D eigenvalue weighted by Gasteiger charge is -2.43. The molecular formula is C12H17N3O5S2. The third kappa shape index (κ3) is 2.96. The van der Waals surface area contributed by atoms with Crippen LogP contribution >= 0.6 is 23.5 Å². The number of rotatable bonds is 6. The molecule has 22 heavy (non-hydrogen) atoms. The highest BCUT2D eigenvalue weighted by Crippen LogP contribution is 2.54. The van der Waals surface area contributed by atoms with E-state index in [1.807, 2.05) is 0 Å². The molecule has 2 unspecified atom stereocenters. The average molecular weight is 347 g/mol. The summed E-state index contributed by atoms with van der Waals surface area (Å²) in [5.41, 5.74) is 5.13. The third-order valence-corrected chi connectivity index (χ3v) is 5.91. The minimum Gasteiger partial charge on any atom is -0.477 e. The zero-order valence-electron chi connectivity index (χ0n) is 12.0. The van der Waals surface area contributed by atoms with E-state index in [2.05, 4.69) is 5.32 Å². The fraction of sp³-hybridized carbons (Fsp3) is 0.583. The van der Waals surface area contributed by atoms with Gasteiger partial charge in [-0.1, -0.05) is 23.5 Å². The quantitative estimate of drug-likeness (QED) is 0.366. The van der Waals surface area contributed by atoms with E-state index in [4.69, 9.17) is 5.73 Å². The molecule has 2 aliphatic rings. The number of β-lactam (4-membered cyclic amide) rings is 1. The Morgan fingerprint density at radius 3 is 2.64 bits per heavy atom. The van der Waals surface area contributed by atoms with Gasteiger partial charge in [-0.3, -0.25) is 14.5 Å². The lowest BCUT2D eigenvalue weighted by atomic mass is 9.92. The van der Waals surface area contributed by atoms with Crippen molar-refractivity contribution in [2.75, 3.05) is 6.54 Å². The Morgan fingerprint density at radius 1 is 1.50 bits per heavy atom. The van der Waals surface area contributed by atoms with Gasteiger partial charge in [-0.25, -0.2) is 4.79 Å². The van der Waals surface area contributed by atoms with Gasteiger partial charge in [0.15, 0.2) is 5.70 Å². The number of carboxylic acid groups (broad SMARTS) is 1. The van der Waals surface area contributed by atoms with Gasteiger partial charge in [-0.2, -0.15) is 0 Å². The average Bonchev–Trinajstić information content (AvgIpc) is 2.72. The van der Waals surface area contributed by atoms with Crippen molar-refractivity contribution in [2.24, 2.45) is 11.7 Å². The number of carbonyl (C=O) groups is 3. The first kappa shape index (κ1) is 17.1. The van der Waals surface area contributed by atoms with E-state index >= 15 is 0 Å². The van der Waals surface area contributed by atoms with Crippen molar-refractivity contribution >= 4 is 41.3 Å². The number of carbonyl (C=O) groups excluding carboxylic acids is 2. The molecule has 5 N–H and O–H groups in total. The van der Waals surface area contributed by atoms with Crippen LogP contribution in [-0.4, -0.2) is 56.3 Å². The molecule has 0 aromatic carbocycles. The summed E-state index contributed by atoms with van der Waals surface area (Å²) in [6.45, 7) is 3.06. The summed E-state index contributed by atoms with van der Waals surface area (Å²) in [7, 11) is 0. The Labute approximate surface area is 135 Å². The Kier molecular flexibility index (Phi) is 5.05. The molecule has 1 saturated heterocycles. The molecule has 0 saturated carbocycles. The molecule has 1 fully saturated rings. The molecule has 2 rings (SSSR count). The number of hydrogen-bond acceptors (Lipinski definition) is 7. The summed E-state index contributed by atoms with van der Waals surface area (Å²) in [5.74, 6) is -2.54. The summed E-state index contributed by atoms with van der Waals surface area (Å²) in [5, 5.41) is 20.8. The Bertz CT molecular complexity index is 551. The fourth-order valence-electron chi connectivity index (χ4n) is 2.31. The molecule has 2 amide bonds. The minimum atomic E-state index is -1.20. The number of nitrogens with zero attached hydrogens (tertiary/aromatic N) is 1. The van der Waals surface area contributed by atoms with Crippen LogP contribution in [0.3, 0.4) is 0 Å². The zero-order valence-corrected chi connectivity index (χ0v) is 13.6. The SMILES string of the molecule is CC(NC(=O)CN)SC1=C(C(=O)O)N2C(=O)[C@H](C(C)O)[C@H]2S1. The molecule has 0 radical (unpaired) electrons. The maximum atomic E-state index is 12.0. The van der Waals surface area contributed by atoms with E-state index < -0.39 is 23.4 Å². The summed E-state index contributed by atoms with van der Waals surface area (Å²) in [6, 6.07) is 0. The Morgan fingerprint density at radius 2 is 2.14 bits per heavy atom. The number of nitrogens with one attached hydrogen (secondary N) is 1. The number of aliphatic carboxylic acids is 1. The molecule has 10 heteroatoms. The second-order valence-corrected chi connectivity index (χ2v) is 7.69. The van der Waals surface area contributed by atoms with Crippen LogP contribution in [0.4, 0.5) is 0 Å². The number of carboxylic acids is 1. The van der Waals surface area contributed by atoms with E-state index in [1.165, 1.54) is 23.6 Å². The number of thioether (sulfide) groups is 2. The molecule has 0 aromatic heterocycles. The van der Waals surface area contributed by atoms with Crippen LogP contribution in [0, 0.1) is 5.92 Å². The highest BCUT2D eigenvalue weighted by molar-refractivity contribution is 8.23. The first-order valence-electron chi connectivity index (χ1n) is 6.59. The van der Waals surface area contributed by atoms with E-state index in [1.54, 1.807) is 6.92 Å². The van der Waals surface area contributed by atoms with Crippen molar-refractivity contribution in [3.8, 4) is 0 Å². The molecule has 2 aliphatic heterocycles. The molecule has 2 heterocycles. The van der Waals surface area contributed by atoms with E-state index in [-0.39, 0.29) is 29.4 Å². The Balaban J connectivity index is 2.15. The first-order chi connectivity index (χ1) is 10.3.